The van der Waals surface area contributed by atoms with Gasteiger partial charge in [-0.1, -0.05) is 26.0 Å². The molecule has 0 atom stereocenters. The predicted octanol–water partition coefficient (Wildman–Crippen LogP) is 3.82. The number of hydrogen-bond donors (Lipinski definition) is 0. The quantitative estimate of drug-likeness (QED) is 0.685. The van der Waals surface area contributed by atoms with Crippen molar-refractivity contribution in [1.29, 1.82) is 0 Å². The van der Waals surface area contributed by atoms with Gasteiger partial charge in [0.15, 0.2) is 0 Å². The van der Waals surface area contributed by atoms with Crippen LogP contribution in [0.15, 0.2) is 47.4 Å². The molecule has 0 bridgehead atoms. The Balaban J connectivity index is 1.91. The molecule has 3 heterocycles. The van der Waals surface area contributed by atoms with Crippen molar-refractivity contribution in [1.82, 2.24) is 14.5 Å². The van der Waals surface area contributed by atoms with Crippen LogP contribution in [0.3, 0.4) is 0 Å². The molecule has 24 heavy (non-hydrogen) atoms. The zero-order chi connectivity index (χ0) is 16.7. The van der Waals surface area contributed by atoms with Gasteiger partial charge in [0.25, 0.3) is 5.56 Å². The van der Waals surface area contributed by atoms with Gasteiger partial charge in [-0.2, -0.15) is 0 Å². The van der Waals surface area contributed by atoms with Crippen LogP contribution >= 0.6 is 0 Å². The first-order valence-electron chi connectivity index (χ1n) is 8.48. The second kappa shape index (κ2) is 5.55. The van der Waals surface area contributed by atoms with Crippen LogP contribution in [0.25, 0.3) is 22.2 Å². The lowest BCUT2D eigenvalue weighted by Crippen LogP contribution is -2.25. The smallest absolute Gasteiger partial charge is 0.261 e. The van der Waals surface area contributed by atoms with Gasteiger partial charge >= 0.3 is 0 Å². The summed E-state index contributed by atoms with van der Waals surface area (Å²) >= 11 is 0. The summed E-state index contributed by atoms with van der Waals surface area (Å²) in [5, 5.41) is 0.693. The number of aromatic nitrogens is 3. The maximum absolute atomic E-state index is 12.9. The molecule has 0 fully saturated rings. The van der Waals surface area contributed by atoms with E-state index in [9.17, 15) is 4.79 Å². The van der Waals surface area contributed by atoms with Gasteiger partial charge in [0.05, 0.1) is 16.6 Å². The van der Waals surface area contributed by atoms with Crippen LogP contribution in [0, 0.1) is 5.41 Å². The van der Waals surface area contributed by atoms with E-state index in [2.05, 4.69) is 18.8 Å². The molecule has 0 aliphatic carbocycles. The second-order valence-electron chi connectivity index (χ2n) is 7.38. The summed E-state index contributed by atoms with van der Waals surface area (Å²) in [6.07, 6.45) is 4.76. The Bertz CT molecular complexity index is 958. The molecule has 1 aliphatic rings. The highest BCUT2D eigenvalue weighted by atomic mass is 16.1. The van der Waals surface area contributed by atoms with E-state index in [1.165, 1.54) is 0 Å². The molecular formula is C20H21N3O. The number of fused-ring (bicyclic) bond motifs is 2. The van der Waals surface area contributed by atoms with E-state index in [0.717, 1.165) is 48.4 Å². The lowest BCUT2D eigenvalue weighted by Gasteiger charge is -2.21. The molecule has 0 N–H and O–H groups in total. The lowest BCUT2D eigenvalue weighted by atomic mass is 9.85. The van der Waals surface area contributed by atoms with Crippen molar-refractivity contribution in [2.75, 3.05) is 0 Å². The topological polar surface area (TPSA) is 47.8 Å². The van der Waals surface area contributed by atoms with Crippen molar-refractivity contribution >= 4 is 10.9 Å². The number of rotatable bonds is 1. The van der Waals surface area contributed by atoms with Gasteiger partial charge in [-0.25, -0.2) is 4.98 Å². The van der Waals surface area contributed by atoms with Crippen LogP contribution in [-0.2, 0) is 13.0 Å². The van der Waals surface area contributed by atoms with E-state index in [0.29, 0.717) is 5.39 Å². The zero-order valence-electron chi connectivity index (χ0n) is 14.1. The number of pyridine rings is 1. The largest absolute Gasteiger partial charge is 0.296 e. The summed E-state index contributed by atoms with van der Waals surface area (Å²) in [5.41, 5.74) is 2.93. The van der Waals surface area contributed by atoms with Crippen LogP contribution in [-0.4, -0.2) is 14.5 Å². The highest BCUT2D eigenvalue weighted by Crippen LogP contribution is 2.30. The Morgan fingerprint density at radius 1 is 1.17 bits per heavy atom. The third-order valence-corrected chi connectivity index (χ3v) is 4.87. The second-order valence-corrected chi connectivity index (χ2v) is 7.38. The van der Waals surface area contributed by atoms with Gasteiger partial charge in [0.1, 0.15) is 5.82 Å². The van der Waals surface area contributed by atoms with Gasteiger partial charge in [-0.05, 0) is 42.5 Å². The molecule has 1 aliphatic heterocycles. The molecule has 3 aromatic rings. The fourth-order valence-corrected chi connectivity index (χ4v) is 3.56. The standard InChI is InChI=1S/C20H21N3O/c1-20(2)9-5-11-23-18(13-20)22-17-12-14(7-8-15(17)19(23)24)16-6-3-4-10-21-16/h3-4,6-8,10,12H,5,9,11,13H2,1-2H3. The van der Waals surface area contributed by atoms with E-state index in [-0.39, 0.29) is 11.0 Å². The molecule has 4 rings (SSSR count). The van der Waals surface area contributed by atoms with Gasteiger partial charge in [0.2, 0.25) is 0 Å². The summed E-state index contributed by atoms with van der Waals surface area (Å²) in [6, 6.07) is 11.7. The van der Waals surface area contributed by atoms with Crippen LogP contribution in [0.4, 0.5) is 0 Å². The average Bonchev–Trinajstić information content (AvgIpc) is 2.72. The molecule has 2 aromatic heterocycles. The maximum atomic E-state index is 12.9. The zero-order valence-corrected chi connectivity index (χ0v) is 14.1. The SMILES string of the molecule is CC1(C)CCCn2c(nc3cc(-c4ccccn4)ccc3c2=O)C1. The summed E-state index contributed by atoms with van der Waals surface area (Å²) in [4.78, 5) is 22.1. The molecule has 0 spiro atoms. The molecule has 0 unspecified atom stereocenters. The van der Waals surface area contributed by atoms with E-state index >= 15 is 0 Å². The van der Waals surface area contributed by atoms with Crippen molar-refractivity contribution in [3.05, 3.63) is 58.8 Å². The Hall–Kier alpha value is -2.49. The Labute approximate surface area is 141 Å². The third-order valence-electron chi connectivity index (χ3n) is 4.87. The normalized spacial score (nSPS) is 16.6. The molecule has 1 aromatic carbocycles. The van der Waals surface area contributed by atoms with Crippen LogP contribution in [0.2, 0.25) is 0 Å². The molecule has 0 saturated carbocycles. The summed E-state index contributed by atoms with van der Waals surface area (Å²) in [6.45, 7) is 5.27. The minimum absolute atomic E-state index is 0.0836. The first-order chi connectivity index (χ1) is 11.5. The maximum Gasteiger partial charge on any atom is 0.261 e. The average molecular weight is 319 g/mol. The Kier molecular flexibility index (Phi) is 3.48. The summed E-state index contributed by atoms with van der Waals surface area (Å²) in [5.74, 6) is 0.910. The molecule has 0 saturated heterocycles. The fourth-order valence-electron chi connectivity index (χ4n) is 3.56. The highest BCUT2D eigenvalue weighted by Gasteiger charge is 2.25. The first-order valence-corrected chi connectivity index (χ1v) is 8.48. The fraction of sp³-hybridized carbons (Fsp3) is 0.350. The van der Waals surface area contributed by atoms with Crippen LogP contribution < -0.4 is 5.56 Å². The van der Waals surface area contributed by atoms with Crippen molar-refractivity contribution in [2.24, 2.45) is 5.41 Å². The molecule has 122 valence electrons. The number of nitrogens with zero attached hydrogens (tertiary/aromatic N) is 3. The van der Waals surface area contributed by atoms with Gasteiger partial charge in [-0.3, -0.25) is 14.3 Å². The number of hydrogen-bond acceptors (Lipinski definition) is 3. The van der Waals surface area contributed by atoms with Crippen LogP contribution in [0.5, 0.6) is 0 Å². The van der Waals surface area contributed by atoms with E-state index in [4.69, 9.17) is 4.98 Å². The Morgan fingerprint density at radius 2 is 2.04 bits per heavy atom. The van der Waals surface area contributed by atoms with Crippen molar-refractivity contribution in [3.63, 3.8) is 0 Å². The van der Waals surface area contributed by atoms with Crippen molar-refractivity contribution in [3.8, 4) is 11.3 Å². The lowest BCUT2D eigenvalue weighted by molar-refractivity contribution is 0.330. The van der Waals surface area contributed by atoms with Crippen LogP contribution in [0.1, 0.15) is 32.5 Å². The highest BCUT2D eigenvalue weighted by molar-refractivity contribution is 5.83. The molecule has 0 amide bonds. The van der Waals surface area contributed by atoms with E-state index in [1.807, 2.05) is 41.0 Å². The minimum Gasteiger partial charge on any atom is -0.296 e. The van der Waals surface area contributed by atoms with Gasteiger partial charge < -0.3 is 0 Å². The van der Waals surface area contributed by atoms with Gasteiger partial charge in [-0.15, -0.1) is 0 Å². The summed E-state index contributed by atoms with van der Waals surface area (Å²) < 4.78 is 1.87. The first kappa shape index (κ1) is 15.1. The molecule has 4 nitrogen and oxygen atoms in total. The van der Waals surface area contributed by atoms with Gasteiger partial charge in [0, 0.05) is 24.7 Å². The molecule has 0 radical (unpaired) electrons. The predicted molar refractivity (Wildman–Crippen MR) is 96.0 cm³/mol. The molecular weight excluding hydrogens is 298 g/mol. The van der Waals surface area contributed by atoms with Crippen molar-refractivity contribution < 1.29 is 0 Å². The monoisotopic (exact) mass is 319 g/mol. The third kappa shape index (κ3) is 2.62. The number of benzene rings is 1. The van der Waals surface area contributed by atoms with Crippen molar-refractivity contribution in [2.45, 2.75) is 39.7 Å². The summed E-state index contributed by atoms with van der Waals surface area (Å²) in [7, 11) is 0. The van der Waals surface area contributed by atoms with E-state index < -0.39 is 0 Å². The van der Waals surface area contributed by atoms with E-state index in [1.54, 1.807) is 6.20 Å². The Morgan fingerprint density at radius 3 is 2.83 bits per heavy atom. The minimum atomic E-state index is 0.0836. The molecule has 4 heteroatoms.